The summed E-state index contributed by atoms with van der Waals surface area (Å²) in [4.78, 5) is 15.7. The fourth-order valence-corrected chi connectivity index (χ4v) is 6.59. The summed E-state index contributed by atoms with van der Waals surface area (Å²) in [5.74, 6) is 0. The lowest BCUT2D eigenvalue weighted by Gasteiger charge is -2.51. The molecule has 246 valence electrons. The number of cyclic esters (lactones) is 1. The number of hydrogen-bond acceptors (Lipinski definition) is 5. The Bertz CT molecular complexity index is 1300. The van der Waals surface area contributed by atoms with Crippen molar-refractivity contribution < 1.29 is 23.7 Å². The number of ether oxygens (including phenoxy) is 4. The summed E-state index contributed by atoms with van der Waals surface area (Å²) in [7, 11) is 0. The molecule has 5 rings (SSSR count). The van der Waals surface area contributed by atoms with Crippen molar-refractivity contribution in [2.24, 2.45) is 0 Å². The number of amides is 1. The number of benzene rings is 3. The van der Waals surface area contributed by atoms with Crippen molar-refractivity contribution in [1.82, 2.24) is 4.90 Å². The maximum atomic E-state index is 13.8. The van der Waals surface area contributed by atoms with Crippen molar-refractivity contribution in [3.05, 3.63) is 120 Å². The Morgan fingerprint density at radius 3 is 2.00 bits per heavy atom. The second kappa shape index (κ2) is 18.6. The van der Waals surface area contributed by atoms with Crippen molar-refractivity contribution in [1.29, 1.82) is 0 Å². The highest BCUT2D eigenvalue weighted by molar-refractivity contribution is 5.70. The molecule has 0 bridgehead atoms. The summed E-state index contributed by atoms with van der Waals surface area (Å²) < 4.78 is 25.7. The largest absolute Gasteiger partial charge is 0.446 e. The summed E-state index contributed by atoms with van der Waals surface area (Å²) in [6.07, 6.45) is 13.1. The van der Waals surface area contributed by atoms with Gasteiger partial charge in [-0.25, -0.2) is 4.79 Å². The van der Waals surface area contributed by atoms with Gasteiger partial charge in [0.05, 0.1) is 38.6 Å². The van der Waals surface area contributed by atoms with Crippen molar-refractivity contribution in [2.75, 3.05) is 6.61 Å². The summed E-state index contributed by atoms with van der Waals surface area (Å²) in [5.41, 5.74) is 3.28. The van der Waals surface area contributed by atoms with Crippen LogP contribution in [0.5, 0.6) is 0 Å². The first-order valence-corrected chi connectivity index (χ1v) is 17.3. The Kier molecular flexibility index (Phi) is 13.7. The lowest BCUT2D eigenvalue weighted by molar-refractivity contribution is -0.177. The van der Waals surface area contributed by atoms with E-state index in [1.165, 1.54) is 32.1 Å². The van der Waals surface area contributed by atoms with Crippen LogP contribution < -0.4 is 0 Å². The molecule has 2 saturated heterocycles. The Morgan fingerprint density at radius 1 is 0.739 bits per heavy atom. The van der Waals surface area contributed by atoms with Gasteiger partial charge in [0.1, 0.15) is 12.2 Å². The third-order valence-electron chi connectivity index (χ3n) is 9.05. The molecular formula is C40H51NO5. The predicted molar refractivity (Wildman–Crippen MR) is 182 cm³/mol. The average Bonchev–Trinajstić information content (AvgIpc) is 3.09. The van der Waals surface area contributed by atoms with E-state index in [4.69, 9.17) is 18.9 Å². The molecule has 0 radical (unpaired) electrons. The van der Waals surface area contributed by atoms with Crippen molar-refractivity contribution in [3.8, 4) is 0 Å². The zero-order chi connectivity index (χ0) is 31.8. The van der Waals surface area contributed by atoms with Crippen molar-refractivity contribution in [3.63, 3.8) is 0 Å². The molecule has 2 fully saturated rings. The molecule has 6 nitrogen and oxygen atoms in total. The summed E-state index contributed by atoms with van der Waals surface area (Å²) >= 11 is 0. The van der Waals surface area contributed by atoms with E-state index < -0.39 is 0 Å². The van der Waals surface area contributed by atoms with E-state index in [9.17, 15) is 4.79 Å². The molecular weight excluding hydrogens is 574 g/mol. The molecule has 6 heteroatoms. The summed E-state index contributed by atoms with van der Waals surface area (Å²) in [5, 5.41) is 0. The van der Waals surface area contributed by atoms with Crippen LogP contribution in [0.1, 0.15) is 81.4 Å². The van der Waals surface area contributed by atoms with Crippen LogP contribution in [-0.2, 0) is 38.8 Å². The molecule has 2 aliphatic heterocycles. The number of unbranched alkanes of at least 4 members (excludes halogenated alkanes) is 5. The highest BCUT2D eigenvalue weighted by atomic mass is 16.6. The minimum absolute atomic E-state index is 0.0173. The number of carbonyl (C=O) groups excluding carboxylic acids is 1. The lowest BCUT2D eigenvalue weighted by atomic mass is 9.86. The lowest BCUT2D eigenvalue weighted by Crippen LogP contribution is -2.66. The third-order valence-corrected chi connectivity index (χ3v) is 9.05. The predicted octanol–water partition coefficient (Wildman–Crippen LogP) is 9.03. The van der Waals surface area contributed by atoms with Gasteiger partial charge in [-0.3, -0.25) is 4.90 Å². The number of allylic oxidation sites excluding steroid dienone is 1. The Hall–Kier alpha value is -3.45. The van der Waals surface area contributed by atoms with Gasteiger partial charge in [-0.15, -0.1) is 0 Å². The maximum Gasteiger partial charge on any atom is 0.410 e. The Balaban J connectivity index is 1.30. The van der Waals surface area contributed by atoms with E-state index in [-0.39, 0.29) is 36.5 Å². The molecule has 0 spiro atoms. The fourth-order valence-electron chi connectivity index (χ4n) is 6.59. The van der Waals surface area contributed by atoms with Crippen LogP contribution >= 0.6 is 0 Å². The topological polar surface area (TPSA) is 57.2 Å². The van der Waals surface area contributed by atoms with Gasteiger partial charge in [0.15, 0.2) is 0 Å². The molecule has 0 aliphatic carbocycles. The highest BCUT2D eigenvalue weighted by Gasteiger charge is 2.50. The van der Waals surface area contributed by atoms with Crippen LogP contribution in [0, 0.1) is 0 Å². The zero-order valence-corrected chi connectivity index (χ0v) is 27.4. The monoisotopic (exact) mass is 625 g/mol. The molecule has 3 aromatic rings. The van der Waals surface area contributed by atoms with Gasteiger partial charge in [0.25, 0.3) is 0 Å². The van der Waals surface area contributed by atoms with Crippen molar-refractivity contribution in [2.45, 2.75) is 115 Å². The van der Waals surface area contributed by atoms with Gasteiger partial charge in [0, 0.05) is 18.9 Å². The van der Waals surface area contributed by atoms with Crippen LogP contribution in [0.4, 0.5) is 4.79 Å². The molecule has 46 heavy (non-hydrogen) atoms. The van der Waals surface area contributed by atoms with E-state index in [0.717, 1.165) is 36.0 Å². The summed E-state index contributed by atoms with van der Waals surface area (Å²) in [6.45, 7) is 3.93. The van der Waals surface area contributed by atoms with Gasteiger partial charge in [0.2, 0.25) is 0 Å². The third kappa shape index (κ3) is 10.3. The fraction of sp³-hybridized carbons (Fsp3) is 0.475. The second-order valence-electron chi connectivity index (χ2n) is 12.6. The van der Waals surface area contributed by atoms with Gasteiger partial charge >= 0.3 is 6.09 Å². The zero-order valence-electron chi connectivity index (χ0n) is 27.4. The number of fused-ring (bicyclic) bond motifs is 1. The Morgan fingerprint density at radius 2 is 1.35 bits per heavy atom. The first kappa shape index (κ1) is 33.9. The van der Waals surface area contributed by atoms with Gasteiger partial charge < -0.3 is 18.9 Å². The number of hydrogen-bond donors (Lipinski definition) is 0. The molecule has 2 heterocycles. The van der Waals surface area contributed by atoms with E-state index in [0.29, 0.717) is 32.8 Å². The number of nitrogens with zero attached hydrogens (tertiary/aromatic N) is 1. The molecule has 1 amide bonds. The molecule has 0 N–H and O–H groups in total. The van der Waals surface area contributed by atoms with E-state index in [1.807, 2.05) is 59.5 Å². The van der Waals surface area contributed by atoms with Crippen molar-refractivity contribution >= 4 is 6.09 Å². The first-order valence-electron chi connectivity index (χ1n) is 17.3. The molecule has 2 aliphatic rings. The van der Waals surface area contributed by atoms with E-state index in [1.54, 1.807) is 0 Å². The summed E-state index contributed by atoms with van der Waals surface area (Å²) in [6, 6.07) is 30.2. The second-order valence-corrected chi connectivity index (χ2v) is 12.6. The van der Waals surface area contributed by atoms with E-state index in [2.05, 4.69) is 55.5 Å². The van der Waals surface area contributed by atoms with Crippen LogP contribution in [0.15, 0.2) is 103 Å². The molecule has 0 aromatic heterocycles. The smallest absolute Gasteiger partial charge is 0.410 e. The molecule has 0 saturated carbocycles. The SMILES string of the molecule is CCCCCCC/C=C/C[C@@H]1C[C@@H]2C[C@@H](OCc3ccccc3)[C@H](OCc3ccccc3)[C@H](COCc3ccccc3)N2C(=O)O1. The average molecular weight is 626 g/mol. The van der Waals surface area contributed by atoms with Crippen LogP contribution in [-0.4, -0.2) is 48.0 Å². The standard InChI is InChI=1S/C40H51NO5/c1-2-3-4-5-6-7-8-18-25-36-26-35-27-38(44-29-33-21-14-10-15-22-33)39(45-30-34-23-16-11-17-24-34)37(41(35)40(42)46-36)31-43-28-32-19-12-9-13-20-32/h8-24,35-39H,2-7,25-31H2,1H3/b18-8+/t35-,36-,37+,38-,39-/m1/s1. The molecule has 3 aromatic carbocycles. The van der Waals surface area contributed by atoms with Gasteiger partial charge in [-0.1, -0.05) is 136 Å². The number of piperidine rings is 1. The highest BCUT2D eigenvalue weighted by Crippen LogP contribution is 2.36. The van der Waals surface area contributed by atoms with Crippen LogP contribution in [0.25, 0.3) is 0 Å². The van der Waals surface area contributed by atoms with Crippen LogP contribution in [0.2, 0.25) is 0 Å². The van der Waals surface area contributed by atoms with E-state index >= 15 is 0 Å². The first-order chi connectivity index (χ1) is 22.7. The molecule has 5 atom stereocenters. The molecule has 0 unspecified atom stereocenters. The van der Waals surface area contributed by atoms with Crippen LogP contribution in [0.3, 0.4) is 0 Å². The quantitative estimate of drug-likeness (QED) is 0.104. The number of rotatable bonds is 18. The Labute approximate surface area is 275 Å². The number of carbonyl (C=O) groups is 1. The minimum Gasteiger partial charge on any atom is -0.446 e. The van der Waals surface area contributed by atoms with Gasteiger partial charge in [-0.05, 0) is 36.0 Å². The normalized spacial score (nSPS) is 22.9. The maximum absolute atomic E-state index is 13.8. The minimum atomic E-state index is -0.382. The van der Waals surface area contributed by atoms with Gasteiger partial charge in [-0.2, -0.15) is 0 Å².